The first kappa shape index (κ1) is 16.3. The van der Waals surface area contributed by atoms with Gasteiger partial charge in [-0.3, -0.25) is 0 Å². The zero-order valence-electron chi connectivity index (χ0n) is 12.2. The maximum Gasteiger partial charge on any atom is 0.416 e. The molecule has 0 amide bonds. The molecule has 1 saturated heterocycles. The first-order valence-electron chi connectivity index (χ1n) is 7.10. The zero-order chi connectivity index (χ0) is 15.5. The lowest BCUT2D eigenvalue weighted by molar-refractivity contribution is -0.137. The van der Waals surface area contributed by atoms with Crippen molar-refractivity contribution in [2.24, 2.45) is 0 Å². The summed E-state index contributed by atoms with van der Waals surface area (Å²) in [7, 11) is 0. The van der Waals surface area contributed by atoms with E-state index in [4.69, 9.17) is 0 Å². The lowest BCUT2D eigenvalue weighted by Gasteiger charge is -2.32. The van der Waals surface area contributed by atoms with Crippen LogP contribution in [-0.4, -0.2) is 35.6 Å². The van der Waals surface area contributed by atoms with E-state index in [0.29, 0.717) is 23.4 Å². The molecule has 21 heavy (non-hydrogen) atoms. The number of aromatic nitrogens is 1. The molecule has 3 nitrogen and oxygen atoms in total. The third-order valence-electron chi connectivity index (χ3n) is 3.26. The number of nitrogens with zero attached hydrogens (tertiary/aromatic N) is 2. The molecule has 0 radical (unpaired) electrons. The summed E-state index contributed by atoms with van der Waals surface area (Å²) in [6, 6.07) is 2.24. The molecule has 1 unspecified atom stereocenters. The summed E-state index contributed by atoms with van der Waals surface area (Å²) in [5.41, 5.74) is -0.642. The quantitative estimate of drug-likeness (QED) is 0.912. The predicted molar refractivity (Wildman–Crippen MR) is 82.2 cm³/mol. The fourth-order valence-corrected chi connectivity index (χ4v) is 3.23. The number of thioether (sulfide) groups is 1. The SMILES string of the molecule is CCCNc1cc(C(F)(F)F)cc(N2CCSC(C)C2)n1. The Morgan fingerprint density at radius 3 is 2.81 bits per heavy atom. The Bertz CT molecular complexity index is 479. The monoisotopic (exact) mass is 319 g/mol. The molecule has 2 heterocycles. The van der Waals surface area contributed by atoms with Gasteiger partial charge in [0.15, 0.2) is 0 Å². The second kappa shape index (κ2) is 6.77. The molecule has 2 rings (SSSR count). The fraction of sp³-hybridized carbons (Fsp3) is 0.643. The Morgan fingerprint density at radius 2 is 2.19 bits per heavy atom. The Morgan fingerprint density at radius 1 is 1.43 bits per heavy atom. The molecule has 0 bridgehead atoms. The number of alkyl halides is 3. The summed E-state index contributed by atoms with van der Waals surface area (Å²) in [6.45, 7) is 6.12. The smallest absolute Gasteiger partial charge is 0.370 e. The van der Waals surface area contributed by atoms with Crippen molar-refractivity contribution in [3.8, 4) is 0 Å². The summed E-state index contributed by atoms with van der Waals surface area (Å²) < 4.78 is 39.1. The van der Waals surface area contributed by atoms with Crippen LogP contribution >= 0.6 is 11.8 Å². The number of rotatable bonds is 4. The molecular formula is C14H20F3N3S. The first-order valence-corrected chi connectivity index (χ1v) is 8.14. The maximum absolute atomic E-state index is 13.0. The van der Waals surface area contributed by atoms with Crippen LogP contribution in [0.5, 0.6) is 0 Å². The van der Waals surface area contributed by atoms with Crippen molar-refractivity contribution >= 4 is 23.4 Å². The highest BCUT2D eigenvalue weighted by Crippen LogP contribution is 2.33. The Kier molecular flexibility index (Phi) is 5.24. The third-order valence-corrected chi connectivity index (χ3v) is 4.40. The Balaban J connectivity index is 2.30. The highest BCUT2D eigenvalue weighted by atomic mass is 32.2. The fourth-order valence-electron chi connectivity index (χ4n) is 2.21. The minimum absolute atomic E-state index is 0.299. The first-order chi connectivity index (χ1) is 9.90. The van der Waals surface area contributed by atoms with E-state index < -0.39 is 11.7 Å². The molecular weight excluding hydrogens is 299 g/mol. The normalized spacial score (nSPS) is 19.7. The molecule has 0 aromatic carbocycles. The minimum atomic E-state index is -4.35. The molecule has 1 N–H and O–H groups in total. The average Bonchev–Trinajstić information content (AvgIpc) is 2.44. The molecule has 1 aromatic heterocycles. The van der Waals surface area contributed by atoms with Gasteiger partial charge in [0.25, 0.3) is 0 Å². The van der Waals surface area contributed by atoms with Gasteiger partial charge < -0.3 is 10.2 Å². The number of hydrogen-bond donors (Lipinski definition) is 1. The minimum Gasteiger partial charge on any atom is -0.370 e. The summed E-state index contributed by atoms with van der Waals surface area (Å²) in [5, 5.41) is 3.36. The van der Waals surface area contributed by atoms with Gasteiger partial charge >= 0.3 is 6.18 Å². The molecule has 1 aliphatic heterocycles. The van der Waals surface area contributed by atoms with Crippen molar-refractivity contribution in [3.63, 3.8) is 0 Å². The molecule has 7 heteroatoms. The molecule has 0 saturated carbocycles. The lowest BCUT2D eigenvalue weighted by atomic mass is 10.2. The molecule has 1 aromatic rings. The van der Waals surface area contributed by atoms with Gasteiger partial charge in [-0.25, -0.2) is 4.98 Å². The van der Waals surface area contributed by atoms with E-state index in [1.54, 1.807) is 0 Å². The summed E-state index contributed by atoms with van der Waals surface area (Å²) in [5.74, 6) is 1.62. The number of hydrogen-bond acceptors (Lipinski definition) is 4. The molecule has 0 spiro atoms. The molecule has 0 aliphatic carbocycles. The van der Waals surface area contributed by atoms with Crippen LogP contribution in [0.2, 0.25) is 0 Å². The molecule has 1 aliphatic rings. The van der Waals surface area contributed by atoms with Crippen molar-refractivity contribution in [1.82, 2.24) is 4.98 Å². The lowest BCUT2D eigenvalue weighted by Crippen LogP contribution is -2.37. The second-order valence-electron chi connectivity index (χ2n) is 5.15. The van der Waals surface area contributed by atoms with Gasteiger partial charge in [0.05, 0.1) is 5.56 Å². The van der Waals surface area contributed by atoms with Gasteiger partial charge in [0, 0.05) is 30.6 Å². The van der Waals surface area contributed by atoms with Crippen molar-refractivity contribution in [2.45, 2.75) is 31.7 Å². The van der Waals surface area contributed by atoms with Gasteiger partial charge in [-0.2, -0.15) is 24.9 Å². The highest BCUT2D eigenvalue weighted by molar-refractivity contribution is 8.00. The van der Waals surface area contributed by atoms with Gasteiger partial charge in [-0.15, -0.1) is 0 Å². The van der Waals surface area contributed by atoms with Crippen molar-refractivity contribution in [1.29, 1.82) is 0 Å². The van der Waals surface area contributed by atoms with E-state index in [0.717, 1.165) is 37.4 Å². The van der Waals surface area contributed by atoms with E-state index in [2.05, 4.69) is 17.2 Å². The second-order valence-corrected chi connectivity index (χ2v) is 6.70. The van der Waals surface area contributed by atoms with E-state index >= 15 is 0 Å². The van der Waals surface area contributed by atoms with Crippen molar-refractivity contribution < 1.29 is 13.2 Å². The topological polar surface area (TPSA) is 28.2 Å². The number of pyridine rings is 1. The van der Waals surface area contributed by atoms with Gasteiger partial charge in [0.1, 0.15) is 11.6 Å². The van der Waals surface area contributed by atoms with E-state index in [9.17, 15) is 13.2 Å². The number of halogens is 3. The van der Waals surface area contributed by atoms with E-state index in [1.165, 1.54) is 0 Å². The van der Waals surface area contributed by atoms with Crippen LogP contribution in [0.25, 0.3) is 0 Å². The van der Waals surface area contributed by atoms with Crippen LogP contribution in [0.4, 0.5) is 24.8 Å². The van der Waals surface area contributed by atoms with Gasteiger partial charge in [0.2, 0.25) is 0 Å². The summed E-state index contributed by atoms with van der Waals surface area (Å²) in [6.07, 6.45) is -3.51. The van der Waals surface area contributed by atoms with E-state index in [-0.39, 0.29) is 0 Å². The van der Waals surface area contributed by atoms with Crippen LogP contribution in [0.1, 0.15) is 25.8 Å². The van der Waals surface area contributed by atoms with Crippen LogP contribution in [0.15, 0.2) is 12.1 Å². The van der Waals surface area contributed by atoms with Gasteiger partial charge in [-0.1, -0.05) is 13.8 Å². The maximum atomic E-state index is 13.0. The number of nitrogens with one attached hydrogen (secondary N) is 1. The summed E-state index contributed by atoms with van der Waals surface area (Å²) >= 11 is 1.84. The largest absolute Gasteiger partial charge is 0.416 e. The predicted octanol–water partition coefficient (Wildman–Crippen LogP) is 3.86. The van der Waals surface area contributed by atoms with Crippen molar-refractivity contribution in [3.05, 3.63) is 17.7 Å². The van der Waals surface area contributed by atoms with Crippen LogP contribution in [0, 0.1) is 0 Å². The van der Waals surface area contributed by atoms with Gasteiger partial charge in [-0.05, 0) is 18.6 Å². The van der Waals surface area contributed by atoms with Crippen LogP contribution < -0.4 is 10.2 Å². The average molecular weight is 319 g/mol. The van der Waals surface area contributed by atoms with Crippen LogP contribution in [0.3, 0.4) is 0 Å². The van der Waals surface area contributed by atoms with Crippen molar-refractivity contribution in [2.75, 3.05) is 35.6 Å². The molecule has 1 fully saturated rings. The Hall–Kier alpha value is -1.11. The van der Waals surface area contributed by atoms with Crippen LogP contribution in [-0.2, 0) is 6.18 Å². The standard InChI is InChI=1S/C14H20F3N3S/c1-3-4-18-12-7-11(14(15,16)17)8-13(19-12)20-5-6-21-10(2)9-20/h7-8,10H,3-6,9H2,1-2H3,(H,18,19). The summed E-state index contributed by atoms with van der Waals surface area (Å²) in [4.78, 5) is 6.29. The zero-order valence-corrected chi connectivity index (χ0v) is 13.0. The number of anilines is 2. The molecule has 1 atom stereocenters. The third kappa shape index (κ3) is 4.43. The Labute approximate surface area is 127 Å². The van der Waals surface area contributed by atoms with E-state index in [1.807, 2.05) is 23.6 Å². The highest BCUT2D eigenvalue weighted by Gasteiger charge is 2.32. The molecule has 118 valence electrons.